The number of aromatic nitrogens is 2. The van der Waals surface area contributed by atoms with Crippen molar-refractivity contribution in [2.45, 2.75) is 13.3 Å². The first-order valence-corrected chi connectivity index (χ1v) is 5.28. The molecular formula is C11H18N6. The number of hydrogen-bond donors (Lipinski definition) is 3. The van der Waals surface area contributed by atoms with Crippen LogP contribution in [0.4, 0.5) is 5.82 Å². The third kappa shape index (κ3) is 4.10. The highest BCUT2D eigenvalue weighted by Crippen LogP contribution is 2.10. The van der Waals surface area contributed by atoms with Crippen LogP contribution in [0.1, 0.15) is 19.0 Å². The average molecular weight is 234 g/mol. The number of H-pyrrole nitrogens is 1. The molecule has 0 amide bonds. The van der Waals surface area contributed by atoms with E-state index in [9.17, 15) is 0 Å². The van der Waals surface area contributed by atoms with Crippen LogP contribution in [-0.2, 0) is 0 Å². The van der Waals surface area contributed by atoms with Crippen LogP contribution in [0, 0.1) is 5.41 Å². The smallest absolute Gasteiger partial charge is 0.175 e. The van der Waals surface area contributed by atoms with Crippen LogP contribution in [0.5, 0.6) is 0 Å². The molecule has 0 aliphatic heterocycles. The monoisotopic (exact) mass is 234 g/mol. The van der Waals surface area contributed by atoms with E-state index in [1.807, 2.05) is 19.1 Å². The van der Waals surface area contributed by atoms with Gasteiger partial charge in [0, 0.05) is 20.2 Å². The molecule has 0 aromatic carbocycles. The largest absolute Gasteiger partial charge is 0.387 e. The number of allylic oxidation sites excluding steroid dienone is 1. The van der Waals surface area contributed by atoms with Crippen LogP contribution >= 0.6 is 0 Å². The van der Waals surface area contributed by atoms with Crippen molar-refractivity contribution < 1.29 is 0 Å². The van der Waals surface area contributed by atoms with Crippen LogP contribution in [0.25, 0.3) is 6.08 Å². The molecule has 1 rings (SSSR count). The van der Waals surface area contributed by atoms with Crippen molar-refractivity contribution in [3.05, 3.63) is 17.8 Å². The summed E-state index contributed by atoms with van der Waals surface area (Å²) >= 11 is 0. The van der Waals surface area contributed by atoms with Crippen LogP contribution in [0.3, 0.4) is 0 Å². The summed E-state index contributed by atoms with van der Waals surface area (Å²) in [5.41, 5.74) is 6.61. The number of hydrogen-bond acceptors (Lipinski definition) is 3. The fourth-order valence-corrected chi connectivity index (χ4v) is 1.16. The molecule has 0 saturated heterocycles. The van der Waals surface area contributed by atoms with E-state index in [0.29, 0.717) is 23.9 Å². The van der Waals surface area contributed by atoms with Crippen LogP contribution < -0.4 is 5.73 Å². The fourth-order valence-electron chi connectivity index (χ4n) is 1.16. The molecule has 0 saturated carbocycles. The molecule has 1 aromatic rings. The molecule has 92 valence electrons. The molecule has 6 heteroatoms. The SMILES string of the molecule is C/C=C/c1cc(N=C(N)CC(=N)N(C)C)n[nH]1. The van der Waals surface area contributed by atoms with E-state index in [1.165, 1.54) is 0 Å². The number of nitrogens with one attached hydrogen (secondary N) is 2. The summed E-state index contributed by atoms with van der Waals surface area (Å²) in [6, 6.07) is 1.80. The van der Waals surface area contributed by atoms with E-state index in [-0.39, 0.29) is 0 Å². The third-order valence-corrected chi connectivity index (χ3v) is 2.08. The minimum absolute atomic E-state index is 0.318. The van der Waals surface area contributed by atoms with Crippen LogP contribution in [0.2, 0.25) is 0 Å². The zero-order chi connectivity index (χ0) is 12.8. The lowest BCUT2D eigenvalue weighted by atomic mass is 10.3. The number of aromatic amines is 1. The van der Waals surface area contributed by atoms with E-state index in [1.54, 1.807) is 25.1 Å². The zero-order valence-corrected chi connectivity index (χ0v) is 10.4. The summed E-state index contributed by atoms with van der Waals surface area (Å²) in [7, 11) is 3.60. The van der Waals surface area contributed by atoms with Crippen molar-refractivity contribution in [1.82, 2.24) is 15.1 Å². The standard InChI is InChI=1S/C11H18N6/c1-4-5-8-6-11(16-15-8)14-9(12)7-10(13)17(2)3/h4-6,13H,7H2,1-3H3,(H3,12,14,15,16)/b5-4+,13-10?. The summed E-state index contributed by atoms with van der Waals surface area (Å²) in [6.45, 7) is 1.93. The Labute approximate surface area is 101 Å². The van der Waals surface area contributed by atoms with Gasteiger partial charge < -0.3 is 10.6 Å². The molecule has 0 spiro atoms. The van der Waals surface area contributed by atoms with Gasteiger partial charge in [-0.3, -0.25) is 10.5 Å². The van der Waals surface area contributed by atoms with Gasteiger partial charge in [-0.15, -0.1) is 0 Å². The summed E-state index contributed by atoms with van der Waals surface area (Å²) in [6.07, 6.45) is 4.12. The predicted molar refractivity (Wildman–Crippen MR) is 70.6 cm³/mol. The maximum Gasteiger partial charge on any atom is 0.175 e. The molecule has 6 nitrogen and oxygen atoms in total. The number of rotatable bonds is 4. The molecule has 0 unspecified atom stereocenters. The quantitative estimate of drug-likeness (QED) is 0.542. The Morgan fingerprint density at radius 3 is 2.94 bits per heavy atom. The van der Waals surface area contributed by atoms with Crippen molar-refractivity contribution in [2.75, 3.05) is 14.1 Å². The molecular weight excluding hydrogens is 216 g/mol. The summed E-state index contributed by atoms with van der Waals surface area (Å²) in [4.78, 5) is 5.83. The number of aliphatic imine (C=N–C) groups is 1. The first kappa shape index (κ1) is 13.0. The maximum atomic E-state index is 7.64. The first-order chi connectivity index (χ1) is 8.02. The second-order valence-electron chi connectivity index (χ2n) is 3.80. The van der Waals surface area contributed by atoms with Crippen molar-refractivity contribution in [1.29, 1.82) is 5.41 Å². The highest BCUT2D eigenvalue weighted by Gasteiger charge is 2.03. The van der Waals surface area contributed by atoms with Crippen molar-refractivity contribution in [2.24, 2.45) is 10.7 Å². The van der Waals surface area contributed by atoms with Gasteiger partial charge in [0.1, 0.15) is 11.7 Å². The Balaban J connectivity index is 2.70. The van der Waals surface area contributed by atoms with E-state index in [4.69, 9.17) is 11.1 Å². The van der Waals surface area contributed by atoms with Gasteiger partial charge in [0.2, 0.25) is 0 Å². The second kappa shape index (κ2) is 5.83. The van der Waals surface area contributed by atoms with Crippen LogP contribution in [-0.4, -0.2) is 40.9 Å². The molecule has 0 aliphatic carbocycles. The number of nitrogens with two attached hydrogens (primary N) is 1. The molecule has 1 aromatic heterocycles. The predicted octanol–water partition coefficient (Wildman–Crippen LogP) is 1.36. The Morgan fingerprint density at radius 2 is 2.35 bits per heavy atom. The summed E-state index contributed by atoms with van der Waals surface area (Å²) in [5.74, 6) is 1.32. The van der Waals surface area contributed by atoms with Crippen molar-refractivity contribution >= 4 is 23.6 Å². The van der Waals surface area contributed by atoms with Crippen molar-refractivity contribution in [3.8, 4) is 0 Å². The first-order valence-electron chi connectivity index (χ1n) is 5.28. The van der Waals surface area contributed by atoms with Crippen LogP contribution in [0.15, 0.2) is 17.1 Å². The maximum absolute atomic E-state index is 7.64. The summed E-state index contributed by atoms with van der Waals surface area (Å²) in [5, 5.41) is 14.5. The summed E-state index contributed by atoms with van der Waals surface area (Å²) < 4.78 is 0. The molecule has 1 heterocycles. The Morgan fingerprint density at radius 1 is 1.65 bits per heavy atom. The fraction of sp³-hybridized carbons (Fsp3) is 0.364. The van der Waals surface area contributed by atoms with Crippen molar-refractivity contribution in [3.63, 3.8) is 0 Å². The van der Waals surface area contributed by atoms with Gasteiger partial charge in [-0.05, 0) is 13.0 Å². The van der Waals surface area contributed by atoms with E-state index in [0.717, 1.165) is 5.69 Å². The lowest BCUT2D eigenvalue weighted by Crippen LogP contribution is -2.26. The normalized spacial score (nSPS) is 12.1. The highest BCUT2D eigenvalue weighted by atomic mass is 15.2. The Bertz CT molecular complexity index is 441. The lowest BCUT2D eigenvalue weighted by Gasteiger charge is -2.12. The average Bonchev–Trinajstić information content (AvgIpc) is 2.65. The third-order valence-electron chi connectivity index (χ3n) is 2.08. The van der Waals surface area contributed by atoms with Gasteiger partial charge in [0.25, 0.3) is 0 Å². The Hall–Kier alpha value is -2.11. The molecule has 0 atom stereocenters. The van der Waals surface area contributed by atoms with Gasteiger partial charge in [-0.2, -0.15) is 5.10 Å². The molecule has 17 heavy (non-hydrogen) atoms. The zero-order valence-electron chi connectivity index (χ0n) is 10.4. The van der Waals surface area contributed by atoms with Gasteiger partial charge in [-0.25, -0.2) is 4.99 Å². The van der Waals surface area contributed by atoms with E-state index >= 15 is 0 Å². The second-order valence-corrected chi connectivity index (χ2v) is 3.80. The minimum atomic E-state index is 0.318. The van der Waals surface area contributed by atoms with Gasteiger partial charge in [-0.1, -0.05) is 6.08 Å². The Kier molecular flexibility index (Phi) is 4.45. The molecule has 4 N–H and O–H groups in total. The number of amidine groups is 2. The number of nitrogens with zero attached hydrogens (tertiary/aromatic N) is 3. The minimum Gasteiger partial charge on any atom is -0.387 e. The molecule has 0 radical (unpaired) electrons. The highest BCUT2D eigenvalue weighted by molar-refractivity contribution is 6.00. The molecule has 0 aliphatic rings. The van der Waals surface area contributed by atoms with Gasteiger partial charge >= 0.3 is 0 Å². The van der Waals surface area contributed by atoms with E-state index < -0.39 is 0 Å². The topological polar surface area (TPSA) is 94.2 Å². The van der Waals surface area contributed by atoms with E-state index in [2.05, 4.69) is 15.2 Å². The van der Waals surface area contributed by atoms with Gasteiger partial charge in [0.15, 0.2) is 5.82 Å². The molecule has 0 fully saturated rings. The molecule has 0 bridgehead atoms. The van der Waals surface area contributed by atoms with Gasteiger partial charge in [0.05, 0.1) is 12.1 Å². The lowest BCUT2D eigenvalue weighted by molar-refractivity contribution is 0.608.